The fourth-order valence-electron chi connectivity index (χ4n) is 4.44. The lowest BCUT2D eigenvalue weighted by Gasteiger charge is -2.40. The van der Waals surface area contributed by atoms with E-state index in [0.717, 1.165) is 24.5 Å². The molecule has 3 aromatic rings. The van der Waals surface area contributed by atoms with Crippen LogP contribution in [0, 0.1) is 12.7 Å². The molecule has 0 radical (unpaired) electrons. The molecular formula is C25H29FN4O3. The molecule has 1 N–H and O–H groups in total. The van der Waals surface area contributed by atoms with E-state index in [9.17, 15) is 14.3 Å². The lowest BCUT2D eigenvalue weighted by molar-refractivity contribution is 0.183. The van der Waals surface area contributed by atoms with E-state index in [-0.39, 0.29) is 17.1 Å². The van der Waals surface area contributed by atoms with Crippen LogP contribution in [-0.4, -0.2) is 59.5 Å². The molecule has 0 spiro atoms. The first-order valence-electron chi connectivity index (χ1n) is 11.1. The summed E-state index contributed by atoms with van der Waals surface area (Å²) in [7, 11) is 1.59. The van der Waals surface area contributed by atoms with Gasteiger partial charge in [-0.15, -0.1) is 0 Å². The van der Waals surface area contributed by atoms with Gasteiger partial charge in [0.05, 0.1) is 18.2 Å². The zero-order valence-electron chi connectivity index (χ0n) is 18.9. The highest BCUT2D eigenvalue weighted by Crippen LogP contribution is 2.33. The third-order valence-corrected chi connectivity index (χ3v) is 6.15. The van der Waals surface area contributed by atoms with Crippen molar-refractivity contribution in [2.75, 3.05) is 44.8 Å². The molecule has 174 valence electrons. The van der Waals surface area contributed by atoms with Gasteiger partial charge in [0.15, 0.2) is 0 Å². The number of pyridine rings is 2. The Morgan fingerprint density at radius 1 is 1.12 bits per heavy atom. The van der Waals surface area contributed by atoms with Crippen molar-refractivity contribution in [1.82, 2.24) is 14.5 Å². The number of hydrogen-bond donors (Lipinski definition) is 1. The molecular weight excluding hydrogens is 423 g/mol. The Hall–Kier alpha value is -3.23. The van der Waals surface area contributed by atoms with Crippen molar-refractivity contribution in [2.24, 2.45) is 0 Å². The Balaban J connectivity index is 1.72. The molecule has 3 heterocycles. The highest BCUT2D eigenvalue weighted by Gasteiger charge is 2.31. The smallest absolute Gasteiger partial charge is 0.259 e. The average Bonchev–Trinajstić information content (AvgIpc) is 2.83. The Kier molecular flexibility index (Phi) is 7.05. The zero-order valence-corrected chi connectivity index (χ0v) is 18.9. The number of hydrogen-bond acceptors (Lipinski definition) is 6. The summed E-state index contributed by atoms with van der Waals surface area (Å²) in [6, 6.07) is 13.1. The van der Waals surface area contributed by atoms with Crippen LogP contribution in [0.25, 0.3) is 0 Å². The third kappa shape index (κ3) is 4.91. The summed E-state index contributed by atoms with van der Waals surface area (Å²) in [5.74, 6) is 0.520. The molecule has 1 saturated heterocycles. The molecule has 1 aliphatic heterocycles. The van der Waals surface area contributed by atoms with Gasteiger partial charge in [-0.2, -0.15) is 0 Å². The molecule has 0 aliphatic carbocycles. The molecule has 7 nitrogen and oxygen atoms in total. The first-order valence-corrected chi connectivity index (χ1v) is 11.1. The third-order valence-electron chi connectivity index (χ3n) is 6.15. The van der Waals surface area contributed by atoms with Crippen LogP contribution in [-0.2, 0) is 11.3 Å². The van der Waals surface area contributed by atoms with Gasteiger partial charge in [0.1, 0.15) is 17.4 Å². The topological polar surface area (TPSA) is 70.8 Å². The second kappa shape index (κ2) is 10.1. The Labute approximate surface area is 192 Å². The van der Waals surface area contributed by atoms with Crippen molar-refractivity contribution in [3.8, 4) is 5.75 Å². The maximum Gasteiger partial charge on any atom is 0.259 e. The SMILES string of the molecule is COCCn1c(C)cc(O)c([C@H](c2ccc(F)cc2)N2CCN(c3ccccn3)CC2)c1=O. The largest absolute Gasteiger partial charge is 0.507 e. The number of benzene rings is 1. The van der Waals surface area contributed by atoms with E-state index in [0.29, 0.717) is 37.5 Å². The predicted octanol–water partition coefficient (Wildman–Crippen LogP) is 2.95. The van der Waals surface area contributed by atoms with E-state index in [1.54, 1.807) is 43.0 Å². The van der Waals surface area contributed by atoms with Crippen LogP contribution in [0.4, 0.5) is 10.2 Å². The van der Waals surface area contributed by atoms with Crippen LogP contribution in [0.2, 0.25) is 0 Å². The minimum atomic E-state index is -0.502. The summed E-state index contributed by atoms with van der Waals surface area (Å²) < 4.78 is 20.5. The number of rotatable bonds is 7. The highest BCUT2D eigenvalue weighted by atomic mass is 19.1. The van der Waals surface area contributed by atoms with Crippen molar-refractivity contribution in [1.29, 1.82) is 0 Å². The van der Waals surface area contributed by atoms with E-state index >= 15 is 0 Å². The van der Waals surface area contributed by atoms with Gasteiger partial charge in [0.25, 0.3) is 5.56 Å². The molecule has 1 aromatic carbocycles. The van der Waals surface area contributed by atoms with Crippen molar-refractivity contribution in [3.05, 3.63) is 87.7 Å². The van der Waals surface area contributed by atoms with Crippen molar-refractivity contribution in [2.45, 2.75) is 19.5 Å². The van der Waals surface area contributed by atoms with Gasteiger partial charge in [-0.3, -0.25) is 9.69 Å². The lowest BCUT2D eigenvalue weighted by atomic mass is 9.96. The Morgan fingerprint density at radius 3 is 2.48 bits per heavy atom. The normalized spacial score (nSPS) is 15.5. The van der Waals surface area contributed by atoms with Crippen molar-refractivity contribution < 1.29 is 14.2 Å². The Bertz CT molecular complexity index is 1130. The van der Waals surface area contributed by atoms with E-state index < -0.39 is 6.04 Å². The quantitative estimate of drug-likeness (QED) is 0.595. The fourth-order valence-corrected chi connectivity index (χ4v) is 4.44. The number of nitrogens with zero attached hydrogens (tertiary/aromatic N) is 4. The predicted molar refractivity (Wildman–Crippen MR) is 125 cm³/mol. The van der Waals surface area contributed by atoms with Crippen LogP contribution in [0.5, 0.6) is 5.75 Å². The molecule has 0 bridgehead atoms. The summed E-state index contributed by atoms with van der Waals surface area (Å²) in [5.41, 5.74) is 1.47. The van der Waals surface area contributed by atoms with E-state index in [2.05, 4.69) is 14.8 Å². The van der Waals surface area contributed by atoms with Crippen LogP contribution in [0.1, 0.15) is 22.9 Å². The number of ether oxygens (including phenoxy) is 1. The lowest BCUT2D eigenvalue weighted by Crippen LogP contribution is -2.49. The monoisotopic (exact) mass is 452 g/mol. The molecule has 2 aromatic heterocycles. The Morgan fingerprint density at radius 2 is 1.85 bits per heavy atom. The maximum absolute atomic E-state index is 13.7. The van der Waals surface area contributed by atoms with Gasteiger partial charge in [0, 0.05) is 51.7 Å². The molecule has 4 rings (SSSR count). The van der Waals surface area contributed by atoms with Crippen LogP contribution in [0.3, 0.4) is 0 Å². The molecule has 8 heteroatoms. The summed E-state index contributed by atoms with van der Waals surface area (Å²) >= 11 is 0. The van der Waals surface area contributed by atoms with E-state index in [4.69, 9.17) is 4.74 Å². The van der Waals surface area contributed by atoms with E-state index in [1.165, 1.54) is 12.1 Å². The minimum absolute atomic E-state index is 0.0485. The molecule has 0 amide bonds. The molecule has 1 atom stereocenters. The molecule has 0 saturated carbocycles. The first kappa shape index (κ1) is 22.9. The number of methoxy groups -OCH3 is 1. The van der Waals surface area contributed by atoms with Gasteiger partial charge < -0.3 is 19.3 Å². The molecule has 33 heavy (non-hydrogen) atoms. The highest BCUT2D eigenvalue weighted by molar-refractivity contribution is 5.42. The number of aromatic nitrogens is 2. The average molecular weight is 453 g/mol. The van der Waals surface area contributed by atoms with Gasteiger partial charge in [-0.1, -0.05) is 18.2 Å². The van der Waals surface area contributed by atoms with Crippen LogP contribution < -0.4 is 10.5 Å². The maximum atomic E-state index is 13.7. The minimum Gasteiger partial charge on any atom is -0.507 e. The van der Waals surface area contributed by atoms with Crippen molar-refractivity contribution >= 4 is 5.82 Å². The second-order valence-electron chi connectivity index (χ2n) is 8.20. The van der Waals surface area contributed by atoms with E-state index in [1.807, 2.05) is 18.2 Å². The van der Waals surface area contributed by atoms with Crippen LogP contribution >= 0.6 is 0 Å². The summed E-state index contributed by atoms with van der Waals surface area (Å²) in [6.45, 7) is 5.32. The van der Waals surface area contributed by atoms with Gasteiger partial charge in [0.2, 0.25) is 0 Å². The van der Waals surface area contributed by atoms with Gasteiger partial charge >= 0.3 is 0 Å². The molecule has 1 aliphatic rings. The zero-order chi connectivity index (χ0) is 23.4. The first-order chi connectivity index (χ1) is 16.0. The summed E-state index contributed by atoms with van der Waals surface area (Å²) in [5, 5.41) is 10.9. The number of halogens is 1. The fraction of sp³-hybridized carbons (Fsp3) is 0.360. The number of piperazine rings is 1. The second-order valence-corrected chi connectivity index (χ2v) is 8.20. The number of aromatic hydroxyl groups is 1. The summed E-state index contributed by atoms with van der Waals surface area (Å²) in [6.07, 6.45) is 1.77. The standard InChI is InChI=1S/C25H29FN4O3/c1-18-17-21(31)23(25(32)30(18)15-16-33-2)24(19-6-8-20(26)9-7-19)29-13-11-28(12-14-29)22-5-3-4-10-27-22/h3-10,17,24,31H,11-16H2,1-2H3/t24-/m0/s1. The van der Waals surface area contributed by atoms with Crippen molar-refractivity contribution in [3.63, 3.8) is 0 Å². The van der Waals surface area contributed by atoms with Gasteiger partial charge in [-0.25, -0.2) is 9.37 Å². The number of anilines is 1. The number of aryl methyl sites for hydroxylation is 1. The van der Waals surface area contributed by atoms with Gasteiger partial charge in [-0.05, 0) is 42.8 Å². The molecule has 0 unspecified atom stereocenters. The molecule has 1 fully saturated rings. The van der Waals surface area contributed by atoms with Crippen LogP contribution in [0.15, 0.2) is 59.5 Å². The summed E-state index contributed by atoms with van der Waals surface area (Å²) in [4.78, 5) is 22.4.